The van der Waals surface area contributed by atoms with Crippen LogP contribution in [-0.4, -0.2) is 4.98 Å². The third-order valence-electron chi connectivity index (χ3n) is 10.0. The van der Waals surface area contributed by atoms with Crippen molar-refractivity contribution in [3.63, 3.8) is 0 Å². The Morgan fingerprint density at radius 3 is 1.21 bits per heavy atom. The van der Waals surface area contributed by atoms with Crippen molar-refractivity contribution in [1.82, 2.24) is 4.98 Å². The molecular weight excluding hydrogens is 690 g/mol. The molecule has 0 radical (unpaired) electrons. The molecule has 0 aliphatic rings. The van der Waals surface area contributed by atoms with E-state index in [0.717, 1.165) is 32.6 Å². The summed E-state index contributed by atoms with van der Waals surface area (Å²) in [4.78, 5) is 4.34. The highest BCUT2D eigenvalue weighted by Crippen LogP contribution is 2.44. The molecule has 0 amide bonds. The lowest BCUT2D eigenvalue weighted by Gasteiger charge is -2.20. The molecule has 0 bridgehead atoms. The lowest BCUT2D eigenvalue weighted by molar-refractivity contribution is 0.592. The van der Waals surface area contributed by atoms with Gasteiger partial charge in [0, 0.05) is 74.2 Å². The summed E-state index contributed by atoms with van der Waals surface area (Å²) < 4.78 is 20.2. The van der Waals surface area contributed by atoms with E-state index in [9.17, 15) is 0 Å². The maximum absolute atomic E-state index is 15.1. The molecule has 0 spiro atoms. The number of nitrogens with zero attached hydrogens (tertiary/aromatic N) is 1. The molecule has 7 aromatic carbocycles. The first-order valence-electron chi connectivity index (χ1n) is 17.3. The molecule has 3 aromatic heterocycles. The first-order chi connectivity index (χ1) is 25.6. The second-order valence-electron chi connectivity index (χ2n) is 13.1. The van der Waals surface area contributed by atoms with E-state index >= 15 is 4.57 Å². The molecule has 246 valence electrons. The maximum Gasteiger partial charge on any atom is 0.171 e. The smallest absolute Gasteiger partial charge is 0.171 e. The second kappa shape index (κ2) is 12.5. The fourth-order valence-electron chi connectivity index (χ4n) is 7.41. The summed E-state index contributed by atoms with van der Waals surface area (Å²) >= 11 is 3.67. The van der Waals surface area contributed by atoms with Crippen molar-refractivity contribution in [3.05, 3.63) is 182 Å². The van der Waals surface area contributed by atoms with Crippen molar-refractivity contribution in [3.8, 4) is 33.4 Å². The van der Waals surface area contributed by atoms with E-state index in [1.54, 1.807) is 0 Å². The number of hydrogen-bond donors (Lipinski definition) is 0. The largest absolute Gasteiger partial charge is 0.309 e. The zero-order valence-electron chi connectivity index (χ0n) is 27.9. The summed E-state index contributed by atoms with van der Waals surface area (Å²) in [5, 5.41) is 7.57. The van der Waals surface area contributed by atoms with Crippen LogP contribution in [0.25, 0.3) is 73.7 Å². The summed E-state index contributed by atoms with van der Waals surface area (Å²) in [7, 11) is -3.09. The Kier molecular flexibility index (Phi) is 7.51. The number of fused-ring (bicyclic) bond motifs is 6. The second-order valence-corrected chi connectivity index (χ2v) is 18.1. The average Bonchev–Trinajstić information content (AvgIpc) is 3.78. The minimum atomic E-state index is -3.09. The molecule has 0 aliphatic heterocycles. The Morgan fingerprint density at radius 2 is 0.769 bits per heavy atom. The van der Waals surface area contributed by atoms with Gasteiger partial charge in [0.25, 0.3) is 0 Å². The lowest BCUT2D eigenvalue weighted by Crippen LogP contribution is -2.25. The SMILES string of the molecule is O=P(c1ccccc1)(c1ccccc1)c1cccc(-c2ccc3sc4ccc(-c5ccc6sc7ccc(-c8cccnc8)cc7c6c5)cc4c3c2)c1. The van der Waals surface area contributed by atoms with Crippen molar-refractivity contribution >= 4 is 86.1 Å². The van der Waals surface area contributed by atoms with Gasteiger partial charge in [-0.1, -0.05) is 109 Å². The van der Waals surface area contributed by atoms with Crippen LogP contribution in [0.4, 0.5) is 0 Å². The quantitative estimate of drug-likeness (QED) is 0.160. The van der Waals surface area contributed by atoms with Gasteiger partial charge in [0.15, 0.2) is 7.14 Å². The molecule has 0 saturated carbocycles. The Bertz CT molecular complexity index is 2940. The minimum Gasteiger partial charge on any atom is -0.309 e. The van der Waals surface area contributed by atoms with Crippen molar-refractivity contribution in [2.24, 2.45) is 0 Å². The van der Waals surface area contributed by atoms with Crippen LogP contribution in [0, 0.1) is 0 Å². The molecule has 0 N–H and O–H groups in total. The van der Waals surface area contributed by atoms with Crippen LogP contribution >= 0.6 is 29.8 Å². The van der Waals surface area contributed by atoms with E-state index in [-0.39, 0.29) is 0 Å². The van der Waals surface area contributed by atoms with Crippen LogP contribution in [-0.2, 0) is 4.57 Å². The third kappa shape index (κ3) is 5.22. The van der Waals surface area contributed by atoms with Gasteiger partial charge in [0.05, 0.1) is 0 Å². The summed E-state index contributed by atoms with van der Waals surface area (Å²) in [5.74, 6) is 0. The number of pyridine rings is 1. The van der Waals surface area contributed by atoms with Crippen LogP contribution in [0.3, 0.4) is 0 Å². The van der Waals surface area contributed by atoms with E-state index < -0.39 is 7.14 Å². The fourth-order valence-corrected chi connectivity index (χ4v) is 12.2. The molecule has 10 rings (SSSR count). The van der Waals surface area contributed by atoms with Gasteiger partial charge in [-0.3, -0.25) is 4.98 Å². The van der Waals surface area contributed by atoms with Crippen LogP contribution in [0.2, 0.25) is 0 Å². The van der Waals surface area contributed by atoms with Gasteiger partial charge < -0.3 is 4.57 Å². The molecule has 5 heteroatoms. The minimum absolute atomic E-state index is 0.837. The summed E-state index contributed by atoms with van der Waals surface area (Å²) in [6, 6.07) is 59.4. The van der Waals surface area contributed by atoms with Gasteiger partial charge in [-0.2, -0.15) is 0 Å². The van der Waals surface area contributed by atoms with Crippen molar-refractivity contribution in [2.75, 3.05) is 0 Å². The van der Waals surface area contributed by atoms with E-state index in [4.69, 9.17) is 0 Å². The van der Waals surface area contributed by atoms with Crippen LogP contribution in [0.15, 0.2) is 182 Å². The van der Waals surface area contributed by atoms with E-state index in [0.29, 0.717) is 0 Å². The molecule has 3 heterocycles. The predicted octanol–water partition coefficient (Wildman–Crippen LogP) is 12.5. The Hall–Kier alpha value is -5.64. The standard InChI is InChI=1S/C47H30NOPS2/c49-50(37-11-3-1-4-12-37,38-13-5-2-6-14-38)39-15-7-9-31(25-39)32-16-20-44-40(26-32)41-27-33(17-21-45(41)51-44)34-18-22-46-42(28-34)43-29-35(19-23-47(43)52-46)36-10-8-24-48-30-36/h1-30H. The maximum atomic E-state index is 15.1. The number of hydrogen-bond acceptors (Lipinski definition) is 4. The third-order valence-corrected chi connectivity index (χ3v) is 15.4. The number of aromatic nitrogens is 1. The Morgan fingerprint density at radius 1 is 0.365 bits per heavy atom. The topological polar surface area (TPSA) is 30.0 Å². The molecule has 0 fully saturated rings. The first-order valence-corrected chi connectivity index (χ1v) is 20.6. The van der Waals surface area contributed by atoms with E-state index in [1.165, 1.54) is 57.0 Å². The first kappa shape index (κ1) is 31.1. The van der Waals surface area contributed by atoms with Gasteiger partial charge >= 0.3 is 0 Å². The zero-order chi connectivity index (χ0) is 34.6. The van der Waals surface area contributed by atoms with Crippen LogP contribution in [0.1, 0.15) is 0 Å². The highest BCUT2D eigenvalue weighted by Gasteiger charge is 2.29. The molecule has 0 atom stereocenters. The highest BCUT2D eigenvalue weighted by atomic mass is 32.1. The molecule has 0 aliphatic carbocycles. The Labute approximate surface area is 309 Å². The molecule has 10 aromatic rings. The van der Waals surface area contributed by atoms with E-state index in [2.05, 4.69) is 96.0 Å². The van der Waals surface area contributed by atoms with Gasteiger partial charge in [0.2, 0.25) is 0 Å². The number of thiophene rings is 2. The normalized spacial score (nSPS) is 11.9. The number of rotatable bonds is 6. The molecular formula is C47H30NOPS2. The predicted molar refractivity (Wildman–Crippen MR) is 226 cm³/mol. The van der Waals surface area contributed by atoms with Gasteiger partial charge in [-0.15, -0.1) is 22.7 Å². The zero-order valence-corrected chi connectivity index (χ0v) is 30.5. The van der Waals surface area contributed by atoms with Crippen molar-refractivity contribution in [2.45, 2.75) is 0 Å². The summed E-state index contributed by atoms with van der Waals surface area (Å²) in [6.45, 7) is 0. The van der Waals surface area contributed by atoms with Crippen LogP contribution < -0.4 is 15.9 Å². The molecule has 52 heavy (non-hydrogen) atoms. The fraction of sp³-hybridized carbons (Fsp3) is 0. The van der Waals surface area contributed by atoms with Gasteiger partial charge in [0.1, 0.15) is 0 Å². The van der Waals surface area contributed by atoms with Gasteiger partial charge in [-0.25, -0.2) is 0 Å². The Balaban J connectivity index is 1.06. The number of benzene rings is 7. The van der Waals surface area contributed by atoms with E-state index in [1.807, 2.05) is 114 Å². The van der Waals surface area contributed by atoms with Crippen LogP contribution in [0.5, 0.6) is 0 Å². The van der Waals surface area contributed by atoms with Crippen molar-refractivity contribution < 1.29 is 4.57 Å². The molecule has 0 saturated heterocycles. The lowest BCUT2D eigenvalue weighted by atomic mass is 9.98. The molecule has 2 nitrogen and oxygen atoms in total. The van der Waals surface area contributed by atoms with Crippen molar-refractivity contribution in [1.29, 1.82) is 0 Å². The van der Waals surface area contributed by atoms with Gasteiger partial charge in [-0.05, 0) is 88.5 Å². The average molecular weight is 720 g/mol. The summed E-state index contributed by atoms with van der Waals surface area (Å²) in [5.41, 5.74) is 6.89. The summed E-state index contributed by atoms with van der Waals surface area (Å²) in [6.07, 6.45) is 3.75. The highest BCUT2D eigenvalue weighted by molar-refractivity contribution is 7.85. The monoisotopic (exact) mass is 719 g/mol. The molecule has 0 unspecified atom stereocenters.